The number of nitrogens with one attached hydrogen (secondary N) is 1. The number of carboxylic acids is 1. The van der Waals surface area contributed by atoms with Crippen LogP contribution in [0.1, 0.15) is 58.8 Å². The van der Waals surface area contributed by atoms with Crippen molar-refractivity contribution in [1.29, 1.82) is 0 Å². The smallest absolute Gasteiger partial charge is 0.326 e. The Hall–Kier alpha value is -1.26. The van der Waals surface area contributed by atoms with Gasteiger partial charge in [-0.25, -0.2) is 9.59 Å². The van der Waals surface area contributed by atoms with E-state index in [1.165, 1.54) is 37.0 Å². The van der Waals surface area contributed by atoms with E-state index in [4.69, 9.17) is 5.11 Å². The zero-order chi connectivity index (χ0) is 15.1. The lowest BCUT2D eigenvalue weighted by atomic mass is 9.83. The Balaban J connectivity index is 2.59. The molecule has 0 radical (unpaired) electrons. The molecule has 1 saturated carbocycles. The summed E-state index contributed by atoms with van der Waals surface area (Å²) in [4.78, 5) is 24.6. The Bertz CT molecular complexity index is 327. The van der Waals surface area contributed by atoms with Crippen molar-refractivity contribution in [2.45, 2.75) is 70.9 Å². The number of rotatable bonds is 6. The molecular formula is C15H28N2O3. The minimum Gasteiger partial charge on any atom is -0.480 e. The molecule has 0 aromatic rings. The number of nitrogens with zero attached hydrogens (tertiary/aromatic N) is 1. The molecule has 1 rings (SSSR count). The lowest BCUT2D eigenvalue weighted by Crippen LogP contribution is -2.51. The first-order valence-electron chi connectivity index (χ1n) is 7.77. The molecule has 1 aliphatic carbocycles. The molecule has 0 heterocycles. The van der Waals surface area contributed by atoms with Crippen LogP contribution in [0.2, 0.25) is 0 Å². The summed E-state index contributed by atoms with van der Waals surface area (Å²) >= 11 is 0. The Morgan fingerprint density at radius 1 is 1.20 bits per heavy atom. The van der Waals surface area contributed by atoms with Crippen molar-refractivity contribution in [2.24, 2.45) is 5.92 Å². The average molecular weight is 284 g/mol. The van der Waals surface area contributed by atoms with E-state index in [1.807, 2.05) is 0 Å². The molecule has 0 aliphatic heterocycles. The first-order valence-corrected chi connectivity index (χ1v) is 7.77. The predicted octanol–water partition coefficient (Wildman–Crippen LogP) is 2.85. The van der Waals surface area contributed by atoms with Gasteiger partial charge < -0.3 is 15.3 Å². The van der Waals surface area contributed by atoms with Gasteiger partial charge in [0.15, 0.2) is 0 Å². The summed E-state index contributed by atoms with van der Waals surface area (Å²) in [6.07, 6.45) is 7.40. The van der Waals surface area contributed by atoms with Crippen LogP contribution in [0.5, 0.6) is 0 Å². The molecular weight excluding hydrogens is 256 g/mol. The van der Waals surface area contributed by atoms with Gasteiger partial charge in [0, 0.05) is 13.1 Å². The monoisotopic (exact) mass is 284 g/mol. The van der Waals surface area contributed by atoms with E-state index in [-0.39, 0.29) is 12.1 Å². The van der Waals surface area contributed by atoms with E-state index in [2.05, 4.69) is 12.2 Å². The highest BCUT2D eigenvalue weighted by Crippen LogP contribution is 2.27. The Labute approximate surface area is 121 Å². The van der Waals surface area contributed by atoms with Crippen LogP contribution in [-0.2, 0) is 4.79 Å². The molecule has 0 aromatic carbocycles. The van der Waals surface area contributed by atoms with Crippen molar-refractivity contribution in [1.82, 2.24) is 10.2 Å². The second-order valence-corrected chi connectivity index (χ2v) is 5.74. The number of hydrogen-bond donors (Lipinski definition) is 2. The van der Waals surface area contributed by atoms with Gasteiger partial charge in [-0.15, -0.1) is 0 Å². The lowest BCUT2D eigenvalue weighted by molar-refractivity contribution is -0.141. The minimum absolute atomic E-state index is 0.163. The standard InChI is InChI=1S/C15H28N2O3/c1-4-12(11-9-7-6-8-10-11)16-15(20)17(3)13(5-2)14(18)19/h11-13H,4-10H2,1-3H3,(H,16,20)(H,18,19). The van der Waals surface area contributed by atoms with E-state index in [9.17, 15) is 9.59 Å². The molecule has 2 atom stereocenters. The quantitative estimate of drug-likeness (QED) is 0.788. The van der Waals surface area contributed by atoms with E-state index in [0.717, 1.165) is 6.42 Å². The first-order chi connectivity index (χ1) is 9.51. The van der Waals surface area contributed by atoms with Crippen molar-refractivity contribution >= 4 is 12.0 Å². The maximum atomic E-state index is 12.2. The molecule has 20 heavy (non-hydrogen) atoms. The zero-order valence-electron chi connectivity index (χ0n) is 12.9. The second kappa shape index (κ2) is 8.12. The fourth-order valence-corrected chi connectivity index (χ4v) is 3.11. The summed E-state index contributed by atoms with van der Waals surface area (Å²) in [5, 5.41) is 12.1. The van der Waals surface area contributed by atoms with Crippen LogP contribution in [0.25, 0.3) is 0 Å². The average Bonchev–Trinajstić information content (AvgIpc) is 2.45. The van der Waals surface area contributed by atoms with E-state index in [1.54, 1.807) is 14.0 Å². The van der Waals surface area contributed by atoms with E-state index < -0.39 is 12.0 Å². The number of carbonyl (C=O) groups is 2. The molecule has 2 N–H and O–H groups in total. The molecule has 0 spiro atoms. The molecule has 116 valence electrons. The van der Waals surface area contributed by atoms with Crippen LogP contribution >= 0.6 is 0 Å². The molecule has 5 heteroatoms. The van der Waals surface area contributed by atoms with Crippen LogP contribution in [0.3, 0.4) is 0 Å². The summed E-state index contributed by atoms with van der Waals surface area (Å²) in [5.41, 5.74) is 0. The van der Waals surface area contributed by atoms with Gasteiger partial charge in [-0.2, -0.15) is 0 Å². The summed E-state index contributed by atoms with van der Waals surface area (Å²) in [6, 6.07) is -0.855. The number of urea groups is 1. The van der Waals surface area contributed by atoms with Crippen molar-refractivity contribution in [2.75, 3.05) is 7.05 Å². The molecule has 5 nitrogen and oxygen atoms in total. The Morgan fingerprint density at radius 2 is 1.80 bits per heavy atom. The summed E-state index contributed by atoms with van der Waals surface area (Å²) in [7, 11) is 1.56. The summed E-state index contributed by atoms with van der Waals surface area (Å²) in [6.45, 7) is 3.86. The van der Waals surface area contributed by atoms with Crippen molar-refractivity contribution in [3.63, 3.8) is 0 Å². The van der Waals surface area contributed by atoms with Crippen LogP contribution < -0.4 is 5.32 Å². The van der Waals surface area contributed by atoms with Gasteiger partial charge in [0.2, 0.25) is 0 Å². The zero-order valence-corrected chi connectivity index (χ0v) is 12.9. The Kier molecular flexibility index (Phi) is 6.82. The van der Waals surface area contributed by atoms with Crippen LogP contribution in [0.4, 0.5) is 4.79 Å². The molecule has 0 bridgehead atoms. The van der Waals surface area contributed by atoms with Gasteiger partial charge >= 0.3 is 12.0 Å². The van der Waals surface area contributed by atoms with E-state index >= 15 is 0 Å². The highest BCUT2D eigenvalue weighted by Gasteiger charge is 2.28. The maximum Gasteiger partial charge on any atom is 0.326 e. The topological polar surface area (TPSA) is 69.6 Å². The number of carboxylic acid groups (broad SMARTS) is 1. The highest BCUT2D eigenvalue weighted by molar-refractivity contribution is 5.82. The van der Waals surface area contributed by atoms with Gasteiger partial charge in [-0.3, -0.25) is 0 Å². The van der Waals surface area contributed by atoms with Crippen molar-refractivity contribution in [3.8, 4) is 0 Å². The number of carbonyl (C=O) groups excluding carboxylic acids is 1. The fraction of sp³-hybridized carbons (Fsp3) is 0.867. The number of hydrogen-bond acceptors (Lipinski definition) is 2. The molecule has 2 amide bonds. The van der Waals surface area contributed by atoms with Crippen molar-refractivity contribution in [3.05, 3.63) is 0 Å². The normalized spacial score (nSPS) is 19.1. The molecule has 2 unspecified atom stereocenters. The van der Waals surface area contributed by atoms with E-state index in [0.29, 0.717) is 12.3 Å². The van der Waals surface area contributed by atoms with Crippen LogP contribution in [-0.4, -0.2) is 41.1 Å². The number of likely N-dealkylation sites (N-methyl/N-ethyl adjacent to an activating group) is 1. The third-order valence-corrected chi connectivity index (χ3v) is 4.43. The summed E-state index contributed by atoms with van der Waals surface area (Å²) in [5.74, 6) is -0.410. The molecule has 1 fully saturated rings. The lowest BCUT2D eigenvalue weighted by Gasteiger charge is -2.33. The van der Waals surface area contributed by atoms with Gasteiger partial charge in [-0.1, -0.05) is 33.1 Å². The van der Waals surface area contributed by atoms with Gasteiger partial charge in [0.25, 0.3) is 0 Å². The predicted molar refractivity (Wildman–Crippen MR) is 78.7 cm³/mol. The summed E-state index contributed by atoms with van der Waals surface area (Å²) < 4.78 is 0. The Morgan fingerprint density at radius 3 is 2.25 bits per heavy atom. The number of aliphatic carboxylic acids is 1. The second-order valence-electron chi connectivity index (χ2n) is 5.74. The third kappa shape index (κ3) is 4.39. The maximum absolute atomic E-state index is 12.2. The van der Waals surface area contributed by atoms with Crippen LogP contribution in [0, 0.1) is 5.92 Å². The first kappa shape index (κ1) is 16.8. The van der Waals surface area contributed by atoms with Gasteiger partial charge in [0.05, 0.1) is 0 Å². The fourth-order valence-electron chi connectivity index (χ4n) is 3.11. The largest absolute Gasteiger partial charge is 0.480 e. The molecule has 0 aromatic heterocycles. The minimum atomic E-state index is -0.948. The van der Waals surface area contributed by atoms with Crippen molar-refractivity contribution < 1.29 is 14.7 Å². The van der Waals surface area contributed by atoms with Gasteiger partial charge in [0.1, 0.15) is 6.04 Å². The van der Waals surface area contributed by atoms with Gasteiger partial charge in [-0.05, 0) is 31.6 Å². The van der Waals surface area contributed by atoms with Crippen LogP contribution in [0.15, 0.2) is 0 Å². The molecule has 0 saturated heterocycles. The number of amides is 2. The molecule has 1 aliphatic rings. The highest BCUT2D eigenvalue weighted by atomic mass is 16.4. The SMILES string of the molecule is CCC(NC(=O)N(C)C(CC)C(=O)O)C1CCCCC1. The third-order valence-electron chi connectivity index (χ3n) is 4.43.